The van der Waals surface area contributed by atoms with Gasteiger partial charge in [0.05, 0.1) is 0 Å². The van der Waals surface area contributed by atoms with E-state index in [4.69, 9.17) is 0 Å². The van der Waals surface area contributed by atoms with Gasteiger partial charge in [0, 0.05) is 16.5 Å². The maximum absolute atomic E-state index is 14.6. The molecular formula is C28H31F. The molecule has 0 saturated heterocycles. The van der Waals surface area contributed by atoms with E-state index in [1.165, 1.54) is 37.7 Å². The average molecular weight is 387 g/mol. The molecule has 0 N–H and O–H groups in total. The lowest BCUT2D eigenvalue weighted by Crippen LogP contribution is -1.91. The fraction of sp³-hybridized carbons (Fsp3) is 0.357. The van der Waals surface area contributed by atoms with Crippen LogP contribution in [-0.2, 0) is 12.8 Å². The van der Waals surface area contributed by atoms with E-state index in [-0.39, 0.29) is 5.82 Å². The highest BCUT2D eigenvalue weighted by atomic mass is 19.1. The number of unbranched alkanes of at least 4 members (excludes halogenated alkanes) is 4. The summed E-state index contributed by atoms with van der Waals surface area (Å²) in [4.78, 5) is 0. The molecule has 0 heterocycles. The van der Waals surface area contributed by atoms with E-state index < -0.39 is 0 Å². The van der Waals surface area contributed by atoms with Crippen molar-refractivity contribution in [2.24, 2.45) is 0 Å². The maximum atomic E-state index is 14.6. The number of halogens is 1. The fourth-order valence-corrected chi connectivity index (χ4v) is 3.71. The molecule has 0 radical (unpaired) electrons. The Hall–Kier alpha value is -2.59. The quantitative estimate of drug-likeness (QED) is 0.273. The molecule has 0 saturated carbocycles. The minimum absolute atomic E-state index is 0.0888. The minimum atomic E-state index is -0.0888. The van der Waals surface area contributed by atoms with E-state index in [2.05, 4.69) is 50.0 Å². The third kappa shape index (κ3) is 5.94. The third-order valence-electron chi connectivity index (χ3n) is 5.43. The Bertz CT molecular complexity index is 986. The SMILES string of the molecule is CCCCCCCc1ccc(C#Cc2ccc3c(F)c(CCC)ccc3c2)cc1. The van der Waals surface area contributed by atoms with Gasteiger partial charge in [0.15, 0.2) is 0 Å². The highest BCUT2D eigenvalue weighted by Gasteiger charge is 2.06. The molecule has 0 aliphatic carbocycles. The highest BCUT2D eigenvalue weighted by Crippen LogP contribution is 2.23. The van der Waals surface area contributed by atoms with Crippen molar-refractivity contribution < 1.29 is 4.39 Å². The Morgan fingerprint density at radius 1 is 0.690 bits per heavy atom. The smallest absolute Gasteiger partial charge is 0.134 e. The minimum Gasteiger partial charge on any atom is -0.206 e. The molecule has 3 aromatic rings. The Kier molecular flexibility index (Phi) is 7.88. The summed E-state index contributed by atoms with van der Waals surface area (Å²) in [5.41, 5.74) is 4.12. The number of hydrogen-bond donors (Lipinski definition) is 0. The van der Waals surface area contributed by atoms with Gasteiger partial charge in [0.25, 0.3) is 0 Å². The normalized spacial score (nSPS) is 10.7. The molecule has 0 aliphatic rings. The Balaban J connectivity index is 1.66. The van der Waals surface area contributed by atoms with Gasteiger partial charge in [-0.25, -0.2) is 4.39 Å². The molecule has 0 bridgehead atoms. The zero-order valence-corrected chi connectivity index (χ0v) is 17.7. The summed E-state index contributed by atoms with van der Waals surface area (Å²) < 4.78 is 14.6. The lowest BCUT2D eigenvalue weighted by atomic mass is 10.0. The largest absolute Gasteiger partial charge is 0.206 e. The predicted octanol–water partition coefficient (Wildman–Crippen LogP) is 7.84. The molecule has 0 unspecified atom stereocenters. The number of aryl methyl sites for hydroxylation is 2. The van der Waals surface area contributed by atoms with E-state index >= 15 is 0 Å². The molecule has 1 heteroatoms. The molecule has 0 nitrogen and oxygen atoms in total. The third-order valence-corrected chi connectivity index (χ3v) is 5.43. The Morgan fingerprint density at radius 3 is 2.17 bits per heavy atom. The standard InChI is InChI=1S/C28H31F/c1-3-5-6-7-8-10-22-11-13-23(14-12-22)15-16-24-17-20-27-26(21-24)19-18-25(9-4-2)28(27)29/h11-14,17-21H,3-10H2,1-2H3. The monoisotopic (exact) mass is 386 g/mol. The molecular weight excluding hydrogens is 355 g/mol. The summed E-state index contributed by atoms with van der Waals surface area (Å²) >= 11 is 0. The molecule has 0 aromatic heterocycles. The molecule has 0 amide bonds. The van der Waals surface area contributed by atoms with Crippen molar-refractivity contribution in [3.05, 3.63) is 82.7 Å². The van der Waals surface area contributed by atoms with E-state index in [1.807, 2.05) is 30.3 Å². The lowest BCUT2D eigenvalue weighted by molar-refractivity contribution is 0.619. The van der Waals surface area contributed by atoms with Gasteiger partial charge in [-0.05, 0) is 60.0 Å². The summed E-state index contributed by atoms with van der Waals surface area (Å²) in [5.74, 6) is 6.38. The molecule has 3 aromatic carbocycles. The van der Waals surface area contributed by atoms with E-state index in [9.17, 15) is 4.39 Å². The second kappa shape index (κ2) is 10.8. The topological polar surface area (TPSA) is 0 Å². The molecule has 0 spiro atoms. The van der Waals surface area contributed by atoms with Gasteiger partial charge in [-0.2, -0.15) is 0 Å². The molecule has 0 aliphatic heterocycles. The molecule has 29 heavy (non-hydrogen) atoms. The first-order valence-corrected chi connectivity index (χ1v) is 11.0. The van der Waals surface area contributed by atoms with Gasteiger partial charge in [0.2, 0.25) is 0 Å². The molecule has 3 rings (SSSR count). The van der Waals surface area contributed by atoms with Crippen molar-refractivity contribution in [3.63, 3.8) is 0 Å². The second-order valence-electron chi connectivity index (χ2n) is 7.84. The number of fused-ring (bicyclic) bond motifs is 1. The first-order valence-electron chi connectivity index (χ1n) is 11.0. The number of hydrogen-bond acceptors (Lipinski definition) is 0. The van der Waals surface area contributed by atoms with E-state index in [0.29, 0.717) is 5.39 Å². The number of rotatable bonds is 8. The van der Waals surface area contributed by atoms with Crippen LogP contribution in [0.4, 0.5) is 4.39 Å². The number of benzene rings is 3. The van der Waals surface area contributed by atoms with Crippen LogP contribution >= 0.6 is 0 Å². The van der Waals surface area contributed by atoms with Crippen molar-refractivity contribution in [1.82, 2.24) is 0 Å². The van der Waals surface area contributed by atoms with Crippen molar-refractivity contribution >= 4 is 10.8 Å². The summed E-state index contributed by atoms with van der Waals surface area (Å²) in [6, 6.07) is 18.2. The van der Waals surface area contributed by atoms with Crippen LogP contribution in [0.2, 0.25) is 0 Å². The fourth-order valence-electron chi connectivity index (χ4n) is 3.71. The summed E-state index contributed by atoms with van der Waals surface area (Å²) in [5, 5.41) is 1.59. The average Bonchev–Trinajstić information content (AvgIpc) is 2.75. The maximum Gasteiger partial charge on any atom is 0.134 e. The van der Waals surface area contributed by atoms with E-state index in [0.717, 1.165) is 41.3 Å². The Morgan fingerprint density at radius 2 is 1.41 bits per heavy atom. The summed E-state index contributed by atoms with van der Waals surface area (Å²) in [6.07, 6.45) is 9.43. The van der Waals surface area contributed by atoms with Gasteiger partial charge in [-0.15, -0.1) is 0 Å². The second-order valence-corrected chi connectivity index (χ2v) is 7.84. The van der Waals surface area contributed by atoms with Crippen LogP contribution in [0.1, 0.15) is 74.6 Å². The molecule has 0 atom stereocenters. The van der Waals surface area contributed by atoms with Crippen molar-refractivity contribution in [2.75, 3.05) is 0 Å². The predicted molar refractivity (Wildman–Crippen MR) is 123 cm³/mol. The van der Waals surface area contributed by atoms with Gasteiger partial charge in [-0.3, -0.25) is 0 Å². The summed E-state index contributed by atoms with van der Waals surface area (Å²) in [7, 11) is 0. The van der Waals surface area contributed by atoms with Crippen LogP contribution < -0.4 is 0 Å². The highest BCUT2D eigenvalue weighted by molar-refractivity contribution is 5.85. The van der Waals surface area contributed by atoms with Gasteiger partial charge in [-0.1, -0.05) is 88.1 Å². The van der Waals surface area contributed by atoms with Crippen molar-refractivity contribution in [3.8, 4) is 11.8 Å². The zero-order valence-electron chi connectivity index (χ0n) is 17.7. The van der Waals surface area contributed by atoms with Crippen molar-refractivity contribution in [2.45, 2.75) is 65.2 Å². The first kappa shape index (κ1) is 21.1. The van der Waals surface area contributed by atoms with Gasteiger partial charge in [0.1, 0.15) is 5.82 Å². The lowest BCUT2D eigenvalue weighted by Gasteiger charge is -2.06. The van der Waals surface area contributed by atoms with Crippen LogP contribution in [0.3, 0.4) is 0 Å². The van der Waals surface area contributed by atoms with Crippen LogP contribution in [-0.4, -0.2) is 0 Å². The van der Waals surface area contributed by atoms with Crippen molar-refractivity contribution in [1.29, 1.82) is 0 Å². The molecule has 150 valence electrons. The van der Waals surface area contributed by atoms with E-state index in [1.54, 1.807) is 0 Å². The first-order chi connectivity index (χ1) is 14.2. The van der Waals surface area contributed by atoms with Crippen LogP contribution in [0, 0.1) is 17.7 Å². The Labute approximate surface area is 175 Å². The summed E-state index contributed by atoms with van der Waals surface area (Å²) in [6.45, 7) is 4.32. The van der Waals surface area contributed by atoms with Crippen LogP contribution in [0.5, 0.6) is 0 Å². The van der Waals surface area contributed by atoms with Crippen LogP contribution in [0.25, 0.3) is 10.8 Å². The molecule has 0 fully saturated rings. The zero-order chi connectivity index (χ0) is 20.5. The van der Waals surface area contributed by atoms with Gasteiger partial charge >= 0.3 is 0 Å². The van der Waals surface area contributed by atoms with Gasteiger partial charge < -0.3 is 0 Å². The van der Waals surface area contributed by atoms with Crippen LogP contribution in [0.15, 0.2) is 54.6 Å².